The van der Waals surface area contributed by atoms with E-state index in [4.69, 9.17) is 23.4 Å². The van der Waals surface area contributed by atoms with Gasteiger partial charge in [0.2, 0.25) is 17.5 Å². The molecule has 228 valence electrons. The van der Waals surface area contributed by atoms with Gasteiger partial charge < -0.3 is 69.3 Å². The first-order valence-corrected chi connectivity index (χ1v) is 12.9. The number of aliphatic hydroxyl groups excluding tert-OH is 6. The zero-order chi connectivity index (χ0) is 30.5. The molecule has 42 heavy (non-hydrogen) atoms. The van der Waals surface area contributed by atoms with Gasteiger partial charge in [0.05, 0.1) is 6.61 Å². The van der Waals surface area contributed by atoms with E-state index in [0.29, 0.717) is 5.56 Å². The molecular formula is C27H30O15. The average Bonchev–Trinajstić information content (AvgIpc) is 2.93. The minimum Gasteiger partial charge on any atom is -0.508 e. The molecule has 5 rings (SSSR count). The third-order valence-corrected chi connectivity index (χ3v) is 7.10. The molecule has 9 N–H and O–H groups in total. The van der Waals surface area contributed by atoms with E-state index in [1.165, 1.54) is 18.2 Å². The maximum Gasteiger partial charge on any atom is 0.239 e. The first-order chi connectivity index (χ1) is 19.8. The van der Waals surface area contributed by atoms with Crippen LogP contribution in [0.2, 0.25) is 0 Å². The van der Waals surface area contributed by atoms with Gasteiger partial charge in [-0.25, -0.2) is 0 Å². The Bertz CT molecular complexity index is 1510. The lowest BCUT2D eigenvalue weighted by molar-refractivity contribution is -0.331. The molecule has 0 aliphatic carbocycles. The number of hydrogen-bond donors (Lipinski definition) is 9. The molecular weight excluding hydrogens is 564 g/mol. The summed E-state index contributed by atoms with van der Waals surface area (Å²) in [5.74, 6) is -1.91. The van der Waals surface area contributed by atoms with Crippen LogP contribution in [0.3, 0.4) is 0 Å². The van der Waals surface area contributed by atoms with E-state index in [-0.39, 0.29) is 34.5 Å². The van der Waals surface area contributed by atoms with Gasteiger partial charge in [-0.15, -0.1) is 0 Å². The van der Waals surface area contributed by atoms with Gasteiger partial charge in [0.15, 0.2) is 18.3 Å². The standard InChI is InChI=1S/C27H30O15/c1-9-4-10(2-3-12(9)29)23-24(20(34)18-13(30)5-11(28)6-16(18)39-23)41-27-22(36)21(35)19(33)17(40-27)8-38-26-15(32)7-14(31)25(37)42-26/h2-6,14-15,17,19,21-22,25-33,35-37H,7-8H2,1H3/t14-,15?,17?,19-,21-,22?,25?,26-,27+/m1/s1. The largest absolute Gasteiger partial charge is 0.508 e. The molecule has 2 aromatic carbocycles. The monoisotopic (exact) mass is 594 g/mol. The predicted octanol–water partition coefficient (Wildman–Crippen LogP) is -1.13. The molecule has 3 heterocycles. The topological polar surface area (TPSA) is 249 Å². The normalized spacial score (nSPS) is 31.7. The lowest BCUT2D eigenvalue weighted by Crippen LogP contribution is -2.61. The minimum absolute atomic E-state index is 0.0558. The molecule has 0 radical (unpaired) electrons. The average molecular weight is 595 g/mol. The van der Waals surface area contributed by atoms with E-state index in [2.05, 4.69) is 0 Å². The van der Waals surface area contributed by atoms with Crippen molar-refractivity contribution in [3.05, 3.63) is 46.1 Å². The third kappa shape index (κ3) is 5.61. The van der Waals surface area contributed by atoms with Crippen LogP contribution in [-0.2, 0) is 14.2 Å². The number of ether oxygens (including phenoxy) is 4. The van der Waals surface area contributed by atoms with Crippen LogP contribution in [0.5, 0.6) is 23.0 Å². The molecule has 15 heteroatoms. The van der Waals surface area contributed by atoms with Crippen molar-refractivity contribution in [1.29, 1.82) is 0 Å². The Morgan fingerprint density at radius 1 is 0.857 bits per heavy atom. The number of aryl methyl sites for hydroxylation is 1. The van der Waals surface area contributed by atoms with Crippen LogP contribution in [0.4, 0.5) is 0 Å². The molecule has 2 aliphatic rings. The van der Waals surface area contributed by atoms with Gasteiger partial charge in [0.25, 0.3) is 0 Å². The second-order valence-electron chi connectivity index (χ2n) is 10.2. The minimum atomic E-state index is -1.91. The highest BCUT2D eigenvalue weighted by Gasteiger charge is 2.47. The smallest absolute Gasteiger partial charge is 0.239 e. The zero-order valence-corrected chi connectivity index (χ0v) is 22.0. The number of hydrogen-bond acceptors (Lipinski definition) is 15. The fourth-order valence-electron chi connectivity index (χ4n) is 4.76. The van der Waals surface area contributed by atoms with Crippen LogP contribution in [0.1, 0.15) is 12.0 Å². The van der Waals surface area contributed by atoms with Gasteiger partial charge in [-0.05, 0) is 30.7 Å². The summed E-state index contributed by atoms with van der Waals surface area (Å²) in [6.07, 6.45) is -14.8. The van der Waals surface area contributed by atoms with E-state index in [1.54, 1.807) is 6.92 Å². The van der Waals surface area contributed by atoms with Crippen molar-refractivity contribution in [3.63, 3.8) is 0 Å². The SMILES string of the molecule is Cc1cc(-c2oc3cc(O)cc(O)c3c(=O)c2O[C@@H]2OC(CO[C@@H]3OC(O)[C@H](O)CC3O)[C@@H](O)[C@@H](O)C2O)ccc1O. The van der Waals surface area contributed by atoms with Crippen molar-refractivity contribution in [2.24, 2.45) is 0 Å². The number of benzene rings is 2. The molecule has 9 atom stereocenters. The predicted molar refractivity (Wildman–Crippen MR) is 138 cm³/mol. The van der Waals surface area contributed by atoms with Crippen molar-refractivity contribution >= 4 is 11.0 Å². The highest BCUT2D eigenvalue weighted by molar-refractivity contribution is 5.88. The molecule has 0 saturated carbocycles. The number of aliphatic hydroxyl groups is 6. The number of fused-ring (bicyclic) bond motifs is 1. The molecule has 2 fully saturated rings. The fourth-order valence-corrected chi connectivity index (χ4v) is 4.76. The molecule has 2 aliphatic heterocycles. The quantitative estimate of drug-likeness (QED) is 0.164. The van der Waals surface area contributed by atoms with E-state index in [9.17, 15) is 50.8 Å². The van der Waals surface area contributed by atoms with Crippen LogP contribution in [-0.4, -0.2) is 108 Å². The Labute approximate surface area is 236 Å². The van der Waals surface area contributed by atoms with E-state index in [0.717, 1.165) is 12.1 Å². The Morgan fingerprint density at radius 3 is 2.31 bits per heavy atom. The summed E-state index contributed by atoms with van der Waals surface area (Å²) in [4.78, 5) is 13.6. The molecule has 4 unspecified atom stereocenters. The Hall–Kier alpha value is -3.51. The molecule has 1 aromatic heterocycles. The van der Waals surface area contributed by atoms with Gasteiger partial charge in [-0.1, -0.05) is 0 Å². The maximum absolute atomic E-state index is 13.6. The molecule has 2 saturated heterocycles. The van der Waals surface area contributed by atoms with Crippen LogP contribution in [0.15, 0.2) is 39.5 Å². The second-order valence-corrected chi connectivity index (χ2v) is 10.2. The number of aromatic hydroxyl groups is 3. The van der Waals surface area contributed by atoms with Gasteiger partial charge in [0, 0.05) is 24.1 Å². The van der Waals surface area contributed by atoms with Crippen LogP contribution >= 0.6 is 0 Å². The summed E-state index contributed by atoms with van der Waals surface area (Å²) < 4.78 is 27.6. The molecule has 0 spiro atoms. The summed E-state index contributed by atoms with van der Waals surface area (Å²) in [6, 6.07) is 6.19. The van der Waals surface area contributed by atoms with Crippen molar-refractivity contribution in [3.8, 4) is 34.3 Å². The van der Waals surface area contributed by atoms with Crippen molar-refractivity contribution < 1.29 is 69.3 Å². The van der Waals surface area contributed by atoms with E-state index >= 15 is 0 Å². The zero-order valence-electron chi connectivity index (χ0n) is 22.0. The summed E-state index contributed by atoms with van der Waals surface area (Å²) >= 11 is 0. The fraction of sp³-hybridized carbons (Fsp3) is 0.444. The summed E-state index contributed by atoms with van der Waals surface area (Å²) in [5, 5.41) is 91.0. The van der Waals surface area contributed by atoms with Crippen molar-refractivity contribution in [2.75, 3.05) is 6.61 Å². The third-order valence-electron chi connectivity index (χ3n) is 7.10. The molecule has 3 aromatic rings. The molecule has 0 amide bonds. The molecule has 15 nitrogen and oxygen atoms in total. The van der Waals surface area contributed by atoms with Gasteiger partial charge in [0.1, 0.15) is 64.8 Å². The lowest BCUT2D eigenvalue weighted by Gasteiger charge is -2.41. The first kappa shape index (κ1) is 30.0. The second kappa shape index (κ2) is 11.6. The summed E-state index contributed by atoms with van der Waals surface area (Å²) in [6.45, 7) is 1.02. The summed E-state index contributed by atoms with van der Waals surface area (Å²) in [5.41, 5.74) is -0.535. The maximum atomic E-state index is 13.6. The lowest BCUT2D eigenvalue weighted by atomic mass is 9.99. The van der Waals surface area contributed by atoms with E-state index in [1.807, 2.05) is 0 Å². The van der Waals surface area contributed by atoms with E-state index < -0.39 is 84.8 Å². The Kier molecular flexibility index (Phi) is 8.30. The number of rotatable bonds is 6. The molecule has 0 bridgehead atoms. The Balaban J connectivity index is 1.48. The van der Waals surface area contributed by atoms with Gasteiger partial charge >= 0.3 is 0 Å². The van der Waals surface area contributed by atoms with Crippen LogP contribution in [0, 0.1) is 6.92 Å². The van der Waals surface area contributed by atoms with Crippen LogP contribution < -0.4 is 10.2 Å². The Morgan fingerprint density at radius 2 is 1.60 bits per heavy atom. The summed E-state index contributed by atoms with van der Waals surface area (Å²) in [7, 11) is 0. The van der Waals surface area contributed by atoms with Gasteiger partial charge in [-0.3, -0.25) is 4.79 Å². The van der Waals surface area contributed by atoms with Crippen LogP contribution in [0.25, 0.3) is 22.3 Å². The highest BCUT2D eigenvalue weighted by Crippen LogP contribution is 2.38. The highest BCUT2D eigenvalue weighted by atomic mass is 16.8. The van der Waals surface area contributed by atoms with Gasteiger partial charge in [-0.2, -0.15) is 0 Å². The number of phenols is 3. The van der Waals surface area contributed by atoms with Crippen molar-refractivity contribution in [1.82, 2.24) is 0 Å². The number of phenolic OH excluding ortho intramolecular Hbond substituents is 3. The first-order valence-electron chi connectivity index (χ1n) is 12.9. The van der Waals surface area contributed by atoms with Crippen molar-refractivity contribution in [2.45, 2.75) is 68.8 Å².